The predicted octanol–water partition coefficient (Wildman–Crippen LogP) is 2.09. The minimum absolute atomic E-state index is 0.171. The van der Waals surface area contributed by atoms with E-state index in [0.717, 1.165) is 0 Å². The van der Waals surface area contributed by atoms with Gasteiger partial charge in [0.25, 0.3) is 0 Å². The fourth-order valence-corrected chi connectivity index (χ4v) is 2.21. The number of rotatable bonds is 3. The third kappa shape index (κ3) is 3.34. The van der Waals surface area contributed by atoms with Gasteiger partial charge in [-0.25, -0.2) is 9.78 Å². The number of imidazole rings is 1. The average molecular weight is 278 g/mol. The highest BCUT2D eigenvalue weighted by Crippen LogP contribution is 2.39. The van der Waals surface area contributed by atoms with Gasteiger partial charge >= 0.3 is 11.9 Å². The Morgan fingerprint density at radius 3 is 2.50 bits per heavy atom. The summed E-state index contributed by atoms with van der Waals surface area (Å²) in [6, 6.07) is 0. The fraction of sp³-hybridized carbons (Fsp3) is 0.357. The summed E-state index contributed by atoms with van der Waals surface area (Å²) in [6.07, 6.45) is 10.1. The van der Waals surface area contributed by atoms with E-state index < -0.39 is 23.3 Å². The third-order valence-electron chi connectivity index (χ3n) is 3.34. The maximum atomic E-state index is 11.1. The molecule has 2 unspecified atom stereocenters. The Morgan fingerprint density at radius 1 is 1.45 bits per heavy atom. The molecule has 1 aliphatic carbocycles. The summed E-state index contributed by atoms with van der Waals surface area (Å²) in [5.41, 5.74) is -0.943. The van der Waals surface area contributed by atoms with Gasteiger partial charge < -0.3 is 15.2 Å². The van der Waals surface area contributed by atoms with Crippen molar-refractivity contribution in [3.8, 4) is 0 Å². The first kappa shape index (κ1) is 15.7. The number of aromatic nitrogens is 2. The van der Waals surface area contributed by atoms with Crippen LogP contribution < -0.4 is 0 Å². The minimum Gasteiger partial charge on any atom is -0.481 e. The smallest absolute Gasteiger partial charge is 0.331 e. The molecule has 108 valence electrons. The topological polar surface area (TPSA) is 103 Å². The lowest BCUT2D eigenvalue weighted by Gasteiger charge is -2.33. The number of hydrogen-bond acceptors (Lipinski definition) is 3. The van der Waals surface area contributed by atoms with Crippen LogP contribution in [0.15, 0.2) is 42.5 Å². The van der Waals surface area contributed by atoms with Crippen molar-refractivity contribution >= 4 is 11.9 Å². The maximum absolute atomic E-state index is 11.1. The summed E-state index contributed by atoms with van der Waals surface area (Å²) < 4.78 is 0. The molecule has 1 heterocycles. The van der Waals surface area contributed by atoms with E-state index in [9.17, 15) is 9.59 Å². The minimum atomic E-state index is -1.11. The molecule has 0 spiro atoms. The third-order valence-corrected chi connectivity index (χ3v) is 3.34. The summed E-state index contributed by atoms with van der Waals surface area (Å²) in [4.78, 5) is 28.5. The lowest BCUT2D eigenvalue weighted by atomic mass is 9.69. The Labute approximate surface area is 116 Å². The van der Waals surface area contributed by atoms with Crippen molar-refractivity contribution in [3.05, 3.63) is 42.5 Å². The zero-order valence-corrected chi connectivity index (χ0v) is 11.4. The summed E-state index contributed by atoms with van der Waals surface area (Å²) in [7, 11) is 0. The number of carboxylic acids is 2. The zero-order chi connectivity index (χ0) is 15.2. The van der Waals surface area contributed by atoms with Gasteiger partial charge in [0.2, 0.25) is 0 Å². The van der Waals surface area contributed by atoms with E-state index in [1.807, 2.05) is 0 Å². The molecule has 6 nitrogen and oxygen atoms in total. The number of carboxylic acid groups (broad SMARTS) is 2. The molecule has 1 aromatic heterocycles. The summed E-state index contributed by atoms with van der Waals surface area (Å²) in [5, 5.41) is 18.1. The summed E-state index contributed by atoms with van der Waals surface area (Å²) >= 11 is 0. The normalized spacial score (nSPS) is 24.3. The first-order chi connectivity index (χ1) is 9.43. The molecular weight excluding hydrogens is 260 g/mol. The van der Waals surface area contributed by atoms with Gasteiger partial charge in [0.05, 0.1) is 11.7 Å². The molecular formula is C14H18N2O4. The van der Waals surface area contributed by atoms with E-state index in [-0.39, 0.29) is 5.57 Å². The molecule has 2 atom stereocenters. The molecule has 2 rings (SSSR count). The van der Waals surface area contributed by atoms with Gasteiger partial charge in [0.15, 0.2) is 0 Å². The van der Waals surface area contributed by atoms with Crippen LogP contribution in [0.1, 0.15) is 20.3 Å². The molecule has 0 aliphatic heterocycles. The predicted molar refractivity (Wildman–Crippen MR) is 73.0 cm³/mol. The van der Waals surface area contributed by atoms with Gasteiger partial charge in [0, 0.05) is 23.9 Å². The van der Waals surface area contributed by atoms with Gasteiger partial charge in [-0.15, -0.1) is 0 Å². The number of H-pyrrole nitrogens is 1. The Bertz CT molecular complexity index is 502. The van der Waals surface area contributed by atoms with Crippen molar-refractivity contribution < 1.29 is 19.8 Å². The number of carbonyl (C=O) groups is 2. The van der Waals surface area contributed by atoms with Crippen LogP contribution in [0.25, 0.3) is 0 Å². The first-order valence-electron chi connectivity index (χ1n) is 6.22. The molecule has 0 fully saturated rings. The van der Waals surface area contributed by atoms with Gasteiger partial charge in [-0.1, -0.05) is 25.2 Å². The molecule has 1 aromatic rings. The van der Waals surface area contributed by atoms with Crippen LogP contribution in [-0.2, 0) is 9.59 Å². The van der Waals surface area contributed by atoms with Crippen molar-refractivity contribution in [1.29, 1.82) is 0 Å². The van der Waals surface area contributed by atoms with Gasteiger partial charge in [0.1, 0.15) is 0 Å². The van der Waals surface area contributed by atoms with Crippen LogP contribution in [0.3, 0.4) is 0 Å². The number of hydrogen-bond donors (Lipinski definition) is 3. The highest BCUT2D eigenvalue weighted by atomic mass is 16.4. The van der Waals surface area contributed by atoms with Crippen LogP contribution in [0.5, 0.6) is 0 Å². The van der Waals surface area contributed by atoms with E-state index in [1.165, 1.54) is 12.2 Å². The van der Waals surface area contributed by atoms with Crippen molar-refractivity contribution in [2.75, 3.05) is 0 Å². The highest BCUT2D eigenvalue weighted by Gasteiger charge is 2.43. The van der Waals surface area contributed by atoms with E-state index in [2.05, 4.69) is 9.97 Å². The molecule has 0 saturated heterocycles. The number of aliphatic carboxylic acids is 2. The van der Waals surface area contributed by atoms with Crippen LogP contribution in [0, 0.1) is 11.3 Å². The second-order valence-electron chi connectivity index (χ2n) is 4.60. The Kier molecular flexibility index (Phi) is 5.25. The molecule has 0 saturated carbocycles. The summed E-state index contributed by atoms with van der Waals surface area (Å²) in [6.45, 7) is 3.34. The van der Waals surface area contributed by atoms with Crippen LogP contribution >= 0.6 is 0 Å². The number of allylic oxidation sites excluding steroid dienone is 2. The molecule has 0 radical (unpaired) electrons. The summed E-state index contributed by atoms with van der Waals surface area (Å²) in [5.74, 6) is -2.51. The van der Waals surface area contributed by atoms with Gasteiger partial charge in [-0.2, -0.15) is 0 Å². The lowest BCUT2D eigenvalue weighted by Crippen LogP contribution is -2.38. The van der Waals surface area contributed by atoms with Crippen LogP contribution in [0.2, 0.25) is 0 Å². The molecule has 1 aliphatic rings. The van der Waals surface area contributed by atoms with Gasteiger partial charge in [-0.3, -0.25) is 4.79 Å². The van der Waals surface area contributed by atoms with Crippen molar-refractivity contribution in [1.82, 2.24) is 9.97 Å². The monoisotopic (exact) mass is 278 g/mol. The van der Waals surface area contributed by atoms with Gasteiger partial charge in [-0.05, 0) is 13.3 Å². The van der Waals surface area contributed by atoms with E-state index in [4.69, 9.17) is 10.2 Å². The fourth-order valence-electron chi connectivity index (χ4n) is 2.21. The number of nitrogens with one attached hydrogen (secondary N) is 1. The highest BCUT2D eigenvalue weighted by molar-refractivity contribution is 5.91. The van der Waals surface area contributed by atoms with Crippen LogP contribution in [0.4, 0.5) is 0 Å². The second kappa shape index (κ2) is 6.70. The Balaban J connectivity index is 0.000000333. The average Bonchev–Trinajstić information content (AvgIpc) is 2.97. The Hall–Kier alpha value is -2.37. The largest absolute Gasteiger partial charge is 0.481 e. The van der Waals surface area contributed by atoms with E-state index in [0.29, 0.717) is 6.42 Å². The molecule has 3 N–H and O–H groups in total. The molecule has 6 heteroatoms. The number of nitrogens with zero attached hydrogens (tertiary/aromatic N) is 1. The zero-order valence-electron chi connectivity index (χ0n) is 11.4. The van der Waals surface area contributed by atoms with E-state index >= 15 is 0 Å². The quantitative estimate of drug-likeness (QED) is 0.785. The van der Waals surface area contributed by atoms with Crippen molar-refractivity contribution in [2.24, 2.45) is 11.3 Å². The number of aromatic amines is 1. The van der Waals surface area contributed by atoms with E-state index in [1.54, 1.807) is 38.6 Å². The Morgan fingerprint density at radius 2 is 2.15 bits per heavy atom. The standard InChI is InChI=1S/C11H14O4.C3H4N2/c1-3-8-7(9(12)13)5-4-6-11(8,2)10(14)15;1-2-5-3-4-1/h4-6,8H,3H2,1-2H3,(H,12,13)(H,14,15);1-3H,(H,4,5). The van der Waals surface area contributed by atoms with Crippen molar-refractivity contribution in [2.45, 2.75) is 20.3 Å². The van der Waals surface area contributed by atoms with Crippen LogP contribution in [-0.4, -0.2) is 32.1 Å². The second-order valence-corrected chi connectivity index (χ2v) is 4.60. The lowest BCUT2D eigenvalue weighted by molar-refractivity contribution is -0.147. The van der Waals surface area contributed by atoms with Crippen molar-refractivity contribution in [3.63, 3.8) is 0 Å². The first-order valence-corrected chi connectivity index (χ1v) is 6.22. The molecule has 0 amide bonds. The molecule has 0 aromatic carbocycles. The molecule has 0 bridgehead atoms. The molecule has 20 heavy (non-hydrogen) atoms. The maximum Gasteiger partial charge on any atom is 0.331 e. The SMILES string of the molecule is CCC1C(C(=O)O)=CC=CC1(C)C(=O)O.c1c[nH]cn1.